The van der Waals surface area contributed by atoms with Gasteiger partial charge in [-0.2, -0.15) is 0 Å². The number of nitrogens with one attached hydrogen (secondary N) is 1. The third-order valence-electron chi connectivity index (χ3n) is 3.84. The van der Waals surface area contributed by atoms with Crippen molar-refractivity contribution in [1.82, 2.24) is 15.3 Å². The topological polar surface area (TPSA) is 75.1 Å². The molecule has 0 atom stereocenters. The van der Waals surface area contributed by atoms with E-state index < -0.39 is 0 Å². The molecule has 25 heavy (non-hydrogen) atoms. The molecule has 0 aliphatic carbocycles. The summed E-state index contributed by atoms with van der Waals surface area (Å²) in [6, 6.07) is 3.59. The minimum atomic E-state index is -0.153. The average molecular weight is 380 g/mol. The number of phenolic OH excluding ortho intramolecular Hbond substituents is 1. The van der Waals surface area contributed by atoms with E-state index in [1.165, 1.54) is 11.8 Å². The van der Waals surface area contributed by atoms with Gasteiger partial charge in [-0.05, 0) is 43.0 Å². The van der Waals surface area contributed by atoms with E-state index in [9.17, 15) is 9.90 Å². The van der Waals surface area contributed by atoms with Crippen LogP contribution in [0.2, 0.25) is 5.02 Å². The Hall–Kier alpha value is -1.79. The van der Waals surface area contributed by atoms with Gasteiger partial charge in [0.2, 0.25) is 5.91 Å². The Morgan fingerprint density at radius 1 is 1.40 bits per heavy atom. The lowest BCUT2D eigenvalue weighted by molar-refractivity contribution is -0.118. The molecule has 0 aliphatic rings. The molecule has 7 heteroatoms. The first-order valence-electron chi connectivity index (χ1n) is 7.99. The number of thioether (sulfide) groups is 1. The minimum Gasteiger partial charge on any atom is -0.507 e. The molecule has 0 fully saturated rings. The van der Waals surface area contributed by atoms with Crippen LogP contribution in [0, 0.1) is 13.8 Å². The van der Waals surface area contributed by atoms with Crippen molar-refractivity contribution in [3.05, 3.63) is 45.7 Å². The molecule has 1 aromatic carbocycles. The molecule has 5 nitrogen and oxygen atoms in total. The van der Waals surface area contributed by atoms with Crippen LogP contribution in [0.15, 0.2) is 23.5 Å². The number of hydrogen-bond donors (Lipinski definition) is 2. The molecule has 134 valence electrons. The lowest BCUT2D eigenvalue weighted by Gasteiger charge is -2.17. The van der Waals surface area contributed by atoms with Crippen LogP contribution in [0.1, 0.15) is 42.1 Å². The number of rotatable bonds is 6. The van der Waals surface area contributed by atoms with Gasteiger partial charge in [-0.3, -0.25) is 4.79 Å². The third kappa shape index (κ3) is 5.09. The van der Waals surface area contributed by atoms with Crippen LogP contribution in [-0.2, 0) is 11.3 Å². The van der Waals surface area contributed by atoms with Crippen LogP contribution in [0.3, 0.4) is 0 Å². The van der Waals surface area contributed by atoms with Crippen molar-refractivity contribution in [3.8, 4) is 5.75 Å². The van der Waals surface area contributed by atoms with Crippen molar-refractivity contribution >= 4 is 29.3 Å². The van der Waals surface area contributed by atoms with Gasteiger partial charge in [-0.1, -0.05) is 37.2 Å². The lowest BCUT2D eigenvalue weighted by atomic mass is 9.96. The predicted octanol–water partition coefficient (Wildman–Crippen LogP) is 3.98. The highest BCUT2D eigenvalue weighted by Crippen LogP contribution is 2.35. The summed E-state index contributed by atoms with van der Waals surface area (Å²) >= 11 is 7.54. The lowest BCUT2D eigenvalue weighted by Crippen LogP contribution is -2.25. The summed E-state index contributed by atoms with van der Waals surface area (Å²) in [6.45, 7) is 7.92. The summed E-state index contributed by atoms with van der Waals surface area (Å²) in [7, 11) is 0. The number of hydrogen-bond acceptors (Lipinski definition) is 5. The largest absolute Gasteiger partial charge is 0.507 e. The average Bonchev–Trinajstić information content (AvgIpc) is 2.56. The Morgan fingerprint density at radius 3 is 2.76 bits per heavy atom. The quantitative estimate of drug-likeness (QED) is 0.586. The maximum atomic E-state index is 12.1. The fourth-order valence-corrected chi connectivity index (χ4v) is 3.27. The van der Waals surface area contributed by atoms with Gasteiger partial charge < -0.3 is 10.4 Å². The van der Waals surface area contributed by atoms with Crippen LogP contribution in [0.25, 0.3) is 0 Å². The van der Waals surface area contributed by atoms with Crippen molar-refractivity contribution in [1.29, 1.82) is 0 Å². The van der Waals surface area contributed by atoms with Gasteiger partial charge in [0.1, 0.15) is 5.75 Å². The summed E-state index contributed by atoms with van der Waals surface area (Å²) in [5.74, 6) is 0.398. The van der Waals surface area contributed by atoms with E-state index in [2.05, 4.69) is 15.3 Å². The molecule has 0 bridgehead atoms. The minimum absolute atomic E-state index is 0.140. The Balaban J connectivity index is 2.02. The first-order valence-corrected chi connectivity index (χ1v) is 9.36. The summed E-state index contributed by atoms with van der Waals surface area (Å²) in [5, 5.41) is 14.5. The number of phenols is 1. The smallest absolute Gasteiger partial charge is 0.230 e. The summed E-state index contributed by atoms with van der Waals surface area (Å²) in [5.41, 5.74) is 3.07. The predicted molar refractivity (Wildman–Crippen MR) is 101 cm³/mol. The monoisotopic (exact) mass is 379 g/mol. The van der Waals surface area contributed by atoms with E-state index in [-0.39, 0.29) is 29.9 Å². The van der Waals surface area contributed by atoms with Crippen LogP contribution in [0.5, 0.6) is 5.75 Å². The summed E-state index contributed by atoms with van der Waals surface area (Å²) in [6.07, 6.45) is 1.67. The van der Waals surface area contributed by atoms with Gasteiger partial charge in [-0.25, -0.2) is 9.97 Å². The Morgan fingerprint density at radius 2 is 2.12 bits per heavy atom. The van der Waals surface area contributed by atoms with Crippen LogP contribution >= 0.6 is 23.4 Å². The van der Waals surface area contributed by atoms with Crippen LogP contribution in [-0.4, -0.2) is 26.7 Å². The first kappa shape index (κ1) is 19.5. The van der Waals surface area contributed by atoms with E-state index in [1.807, 2.05) is 27.7 Å². The third-order valence-corrected chi connectivity index (χ3v) is 5.10. The molecular formula is C18H22ClN3O2S. The number of halogens is 1. The SMILES string of the molecule is Cc1ccnc(SCC(=O)NCc2c(C)c(Cl)cc(C(C)C)c2O)n1. The molecule has 1 amide bonds. The second-order valence-corrected chi connectivity index (χ2v) is 7.45. The number of amides is 1. The fraction of sp³-hybridized carbons (Fsp3) is 0.389. The van der Waals surface area contributed by atoms with Gasteiger partial charge >= 0.3 is 0 Å². The highest BCUT2D eigenvalue weighted by atomic mass is 35.5. The molecule has 2 aromatic rings. The second-order valence-electron chi connectivity index (χ2n) is 6.10. The summed E-state index contributed by atoms with van der Waals surface area (Å²) in [4.78, 5) is 20.5. The maximum absolute atomic E-state index is 12.1. The van der Waals surface area contributed by atoms with E-state index in [4.69, 9.17) is 11.6 Å². The normalized spacial score (nSPS) is 11.0. The highest BCUT2D eigenvalue weighted by Gasteiger charge is 2.17. The van der Waals surface area contributed by atoms with Gasteiger partial charge in [0.15, 0.2) is 5.16 Å². The second kappa shape index (κ2) is 8.54. The van der Waals surface area contributed by atoms with Crippen LogP contribution < -0.4 is 5.32 Å². The fourth-order valence-electron chi connectivity index (χ4n) is 2.33. The molecule has 0 spiro atoms. The van der Waals surface area contributed by atoms with Gasteiger partial charge in [0.25, 0.3) is 0 Å². The van der Waals surface area contributed by atoms with E-state index >= 15 is 0 Å². The van der Waals surface area contributed by atoms with E-state index in [0.29, 0.717) is 15.7 Å². The zero-order chi connectivity index (χ0) is 18.6. The van der Waals surface area contributed by atoms with Crippen molar-refractivity contribution in [2.75, 3.05) is 5.75 Å². The van der Waals surface area contributed by atoms with Crippen molar-refractivity contribution in [2.24, 2.45) is 0 Å². The standard InChI is InChI=1S/C18H22ClN3O2S/c1-10(2)13-7-15(19)12(4)14(17(13)24)8-21-16(23)9-25-18-20-6-5-11(3)22-18/h5-7,10,24H,8-9H2,1-4H3,(H,21,23). The van der Waals surface area contributed by atoms with Gasteiger partial charge in [0.05, 0.1) is 5.75 Å². The number of carbonyl (C=O) groups excluding carboxylic acids is 1. The van der Waals surface area contributed by atoms with Crippen molar-refractivity contribution in [2.45, 2.75) is 45.3 Å². The maximum Gasteiger partial charge on any atom is 0.230 e. The molecule has 0 saturated carbocycles. The number of nitrogens with zero attached hydrogens (tertiary/aromatic N) is 2. The van der Waals surface area contributed by atoms with Crippen molar-refractivity contribution < 1.29 is 9.90 Å². The van der Waals surface area contributed by atoms with E-state index in [0.717, 1.165) is 16.8 Å². The molecule has 1 aromatic heterocycles. The number of aryl methyl sites for hydroxylation is 1. The first-order chi connectivity index (χ1) is 11.8. The van der Waals surface area contributed by atoms with Gasteiger partial charge in [0, 0.05) is 29.0 Å². The van der Waals surface area contributed by atoms with Crippen LogP contribution in [0.4, 0.5) is 0 Å². The van der Waals surface area contributed by atoms with Gasteiger partial charge in [-0.15, -0.1) is 0 Å². The molecule has 0 aliphatic heterocycles. The van der Waals surface area contributed by atoms with E-state index in [1.54, 1.807) is 18.3 Å². The number of benzene rings is 1. The molecular weight excluding hydrogens is 358 g/mol. The molecule has 2 N–H and O–H groups in total. The molecule has 1 heterocycles. The Labute approximate surface area is 157 Å². The number of aromatic nitrogens is 2. The highest BCUT2D eigenvalue weighted by molar-refractivity contribution is 7.99. The Kier molecular flexibility index (Phi) is 6.67. The zero-order valence-corrected chi connectivity index (χ0v) is 16.3. The molecule has 0 radical (unpaired) electrons. The zero-order valence-electron chi connectivity index (χ0n) is 14.8. The Bertz CT molecular complexity index is 781. The summed E-state index contributed by atoms with van der Waals surface area (Å²) < 4.78 is 0. The molecule has 0 unspecified atom stereocenters. The van der Waals surface area contributed by atoms with Crippen molar-refractivity contribution in [3.63, 3.8) is 0 Å². The number of aromatic hydroxyl groups is 1. The number of carbonyl (C=O) groups is 1. The molecule has 0 saturated heterocycles. The molecule has 2 rings (SSSR count).